The number of piperazine rings is 1. The van der Waals surface area contributed by atoms with Crippen molar-refractivity contribution in [3.05, 3.63) is 53.1 Å². The number of benzene rings is 1. The van der Waals surface area contributed by atoms with Gasteiger partial charge < -0.3 is 14.6 Å². The molecular formula is C19H24N6O2. The highest BCUT2D eigenvalue weighted by Crippen LogP contribution is 2.21. The van der Waals surface area contributed by atoms with Crippen molar-refractivity contribution < 1.29 is 5.11 Å². The van der Waals surface area contributed by atoms with E-state index in [-0.39, 0.29) is 18.7 Å². The lowest BCUT2D eigenvalue weighted by Gasteiger charge is -2.35. The van der Waals surface area contributed by atoms with Gasteiger partial charge in [-0.2, -0.15) is 0 Å². The molecule has 8 heteroatoms. The fourth-order valence-electron chi connectivity index (χ4n) is 3.55. The number of hydrogen-bond donors (Lipinski definition) is 1. The Morgan fingerprint density at radius 1 is 1.11 bits per heavy atom. The lowest BCUT2D eigenvalue weighted by atomic mass is 10.2. The third kappa shape index (κ3) is 3.72. The standard InChI is InChI=1S/C19H24N6O2/c1-22-11-15(20-13-22)12-23-4-6-24(7-5-23)16-2-3-17-18(10-16)21-14-25(8-9-26)19(17)27/h2-3,10-11,13-14,26H,4-9,12H2,1H3. The van der Waals surface area contributed by atoms with Crippen LogP contribution in [-0.4, -0.2) is 61.9 Å². The number of nitrogens with zero attached hydrogens (tertiary/aromatic N) is 6. The van der Waals surface area contributed by atoms with Crippen molar-refractivity contribution >= 4 is 16.6 Å². The first-order valence-corrected chi connectivity index (χ1v) is 9.18. The molecule has 0 radical (unpaired) electrons. The van der Waals surface area contributed by atoms with Gasteiger partial charge in [0, 0.05) is 51.7 Å². The first-order valence-electron chi connectivity index (χ1n) is 9.18. The Morgan fingerprint density at radius 2 is 1.93 bits per heavy atom. The molecular weight excluding hydrogens is 344 g/mol. The molecule has 0 saturated carbocycles. The SMILES string of the molecule is Cn1cnc(CN2CCN(c3ccc4c(=O)n(CCO)cnc4c3)CC2)c1. The van der Waals surface area contributed by atoms with E-state index in [1.54, 1.807) is 0 Å². The van der Waals surface area contributed by atoms with Crippen LogP contribution in [0, 0.1) is 0 Å². The number of aryl methyl sites for hydroxylation is 1. The maximum absolute atomic E-state index is 12.4. The summed E-state index contributed by atoms with van der Waals surface area (Å²) in [6.45, 7) is 4.87. The molecule has 27 heavy (non-hydrogen) atoms. The third-order valence-electron chi connectivity index (χ3n) is 5.03. The maximum atomic E-state index is 12.4. The van der Waals surface area contributed by atoms with E-state index in [1.165, 1.54) is 10.9 Å². The number of fused-ring (bicyclic) bond motifs is 1. The van der Waals surface area contributed by atoms with E-state index in [2.05, 4.69) is 26.0 Å². The Bertz CT molecular complexity index is 987. The molecule has 1 aliphatic heterocycles. The number of hydrogen-bond acceptors (Lipinski definition) is 6. The number of anilines is 1. The van der Waals surface area contributed by atoms with Crippen LogP contribution in [0.3, 0.4) is 0 Å². The van der Waals surface area contributed by atoms with E-state index in [9.17, 15) is 4.79 Å². The summed E-state index contributed by atoms with van der Waals surface area (Å²) in [4.78, 5) is 25.9. The van der Waals surface area contributed by atoms with Crippen LogP contribution >= 0.6 is 0 Å². The van der Waals surface area contributed by atoms with Gasteiger partial charge in [0.05, 0.1) is 42.4 Å². The monoisotopic (exact) mass is 368 g/mol. The summed E-state index contributed by atoms with van der Waals surface area (Å²) >= 11 is 0. The number of aliphatic hydroxyl groups is 1. The Balaban J connectivity index is 1.45. The van der Waals surface area contributed by atoms with Gasteiger partial charge in [-0.25, -0.2) is 9.97 Å². The minimum absolute atomic E-state index is 0.0754. The smallest absolute Gasteiger partial charge is 0.261 e. The van der Waals surface area contributed by atoms with Gasteiger partial charge in [0.15, 0.2) is 0 Å². The van der Waals surface area contributed by atoms with Crippen molar-refractivity contribution in [1.82, 2.24) is 24.0 Å². The fourth-order valence-corrected chi connectivity index (χ4v) is 3.55. The highest BCUT2D eigenvalue weighted by atomic mass is 16.3. The Labute approximate surface area is 157 Å². The fraction of sp³-hybridized carbons (Fsp3) is 0.421. The van der Waals surface area contributed by atoms with E-state index in [0.29, 0.717) is 10.9 Å². The topological polar surface area (TPSA) is 79.4 Å². The van der Waals surface area contributed by atoms with Crippen molar-refractivity contribution in [1.29, 1.82) is 0 Å². The molecule has 1 aliphatic rings. The molecule has 3 heterocycles. The second-order valence-corrected chi connectivity index (χ2v) is 6.96. The number of rotatable bonds is 5. The van der Waals surface area contributed by atoms with Crippen molar-refractivity contribution in [3.8, 4) is 0 Å². The van der Waals surface area contributed by atoms with Gasteiger partial charge in [-0.3, -0.25) is 14.3 Å². The number of imidazole rings is 1. The first-order chi connectivity index (χ1) is 13.1. The molecule has 2 aromatic heterocycles. The molecule has 142 valence electrons. The zero-order valence-corrected chi connectivity index (χ0v) is 15.5. The normalized spacial score (nSPS) is 15.6. The van der Waals surface area contributed by atoms with Crippen LogP contribution in [0.4, 0.5) is 5.69 Å². The molecule has 0 spiro atoms. The number of aliphatic hydroxyl groups excluding tert-OH is 1. The predicted octanol–water partition coefficient (Wildman–Crippen LogP) is 0.444. The molecule has 3 aromatic rings. The summed E-state index contributed by atoms with van der Waals surface area (Å²) in [6.07, 6.45) is 5.41. The Hall–Kier alpha value is -2.71. The first kappa shape index (κ1) is 17.7. The molecule has 1 saturated heterocycles. The van der Waals surface area contributed by atoms with E-state index >= 15 is 0 Å². The summed E-state index contributed by atoms with van der Waals surface area (Å²) in [7, 11) is 1.99. The van der Waals surface area contributed by atoms with E-state index in [4.69, 9.17) is 5.11 Å². The van der Waals surface area contributed by atoms with Crippen LogP contribution in [0.2, 0.25) is 0 Å². The highest BCUT2D eigenvalue weighted by Gasteiger charge is 2.18. The van der Waals surface area contributed by atoms with Crippen molar-refractivity contribution in [3.63, 3.8) is 0 Å². The molecule has 4 rings (SSSR count). The molecule has 0 atom stereocenters. The quantitative estimate of drug-likeness (QED) is 0.704. The molecule has 8 nitrogen and oxygen atoms in total. The van der Waals surface area contributed by atoms with Crippen molar-refractivity contribution in [2.75, 3.05) is 37.7 Å². The van der Waals surface area contributed by atoms with E-state index in [1.807, 2.05) is 36.1 Å². The minimum Gasteiger partial charge on any atom is -0.395 e. The third-order valence-corrected chi connectivity index (χ3v) is 5.03. The van der Waals surface area contributed by atoms with Crippen LogP contribution < -0.4 is 10.5 Å². The second-order valence-electron chi connectivity index (χ2n) is 6.96. The van der Waals surface area contributed by atoms with E-state index < -0.39 is 0 Å². The molecule has 1 N–H and O–H groups in total. The highest BCUT2D eigenvalue weighted by molar-refractivity contribution is 5.81. The molecule has 0 unspecified atom stereocenters. The van der Waals surface area contributed by atoms with Crippen LogP contribution in [-0.2, 0) is 20.1 Å². The molecule has 1 aromatic carbocycles. The summed E-state index contributed by atoms with van der Waals surface area (Å²) in [5.74, 6) is 0. The van der Waals surface area contributed by atoms with Gasteiger partial charge in [-0.15, -0.1) is 0 Å². The van der Waals surface area contributed by atoms with Gasteiger partial charge in [-0.05, 0) is 18.2 Å². The van der Waals surface area contributed by atoms with E-state index in [0.717, 1.165) is 44.1 Å². The summed E-state index contributed by atoms with van der Waals surface area (Å²) in [5, 5.41) is 9.63. The van der Waals surface area contributed by atoms with Crippen molar-refractivity contribution in [2.45, 2.75) is 13.1 Å². The largest absolute Gasteiger partial charge is 0.395 e. The van der Waals surface area contributed by atoms with Gasteiger partial charge in [0.25, 0.3) is 5.56 Å². The minimum atomic E-state index is -0.110. The average molecular weight is 368 g/mol. The molecule has 0 aliphatic carbocycles. The van der Waals surface area contributed by atoms with Gasteiger partial charge in [-0.1, -0.05) is 0 Å². The lowest BCUT2D eigenvalue weighted by molar-refractivity contribution is 0.247. The summed E-state index contributed by atoms with van der Waals surface area (Å²) in [5.41, 5.74) is 2.77. The second kappa shape index (κ2) is 7.50. The van der Waals surface area contributed by atoms with Gasteiger partial charge >= 0.3 is 0 Å². The Kier molecular flexibility index (Phi) is 4.91. The molecule has 0 bridgehead atoms. The van der Waals surface area contributed by atoms with Crippen molar-refractivity contribution in [2.24, 2.45) is 7.05 Å². The van der Waals surface area contributed by atoms with Crippen LogP contribution in [0.5, 0.6) is 0 Å². The number of aromatic nitrogens is 4. The van der Waals surface area contributed by atoms with Gasteiger partial charge in [0.1, 0.15) is 0 Å². The zero-order valence-electron chi connectivity index (χ0n) is 15.5. The van der Waals surface area contributed by atoms with Crippen LogP contribution in [0.25, 0.3) is 10.9 Å². The maximum Gasteiger partial charge on any atom is 0.261 e. The lowest BCUT2D eigenvalue weighted by Crippen LogP contribution is -2.46. The molecule has 0 amide bonds. The summed E-state index contributed by atoms with van der Waals surface area (Å²) in [6, 6.07) is 5.81. The summed E-state index contributed by atoms with van der Waals surface area (Å²) < 4.78 is 3.42. The molecule has 1 fully saturated rings. The average Bonchev–Trinajstić information content (AvgIpc) is 3.09. The Morgan fingerprint density at radius 3 is 2.63 bits per heavy atom. The van der Waals surface area contributed by atoms with Crippen LogP contribution in [0.15, 0.2) is 41.8 Å². The predicted molar refractivity (Wildman–Crippen MR) is 104 cm³/mol. The van der Waals surface area contributed by atoms with Gasteiger partial charge in [0.2, 0.25) is 0 Å². The van der Waals surface area contributed by atoms with Crippen LogP contribution in [0.1, 0.15) is 5.69 Å². The zero-order chi connectivity index (χ0) is 18.8.